The summed E-state index contributed by atoms with van der Waals surface area (Å²) in [6, 6.07) is 3.88. The van der Waals surface area contributed by atoms with Crippen LogP contribution in [0.4, 0.5) is 11.5 Å². The van der Waals surface area contributed by atoms with E-state index in [4.69, 9.17) is 0 Å². The van der Waals surface area contributed by atoms with E-state index in [1.54, 1.807) is 12.1 Å². The fourth-order valence-electron chi connectivity index (χ4n) is 2.65. The number of piperazine rings is 1. The van der Waals surface area contributed by atoms with Crippen LogP contribution in [0.1, 0.15) is 32.4 Å². The lowest BCUT2D eigenvalue weighted by atomic mass is 10.0. The highest BCUT2D eigenvalue weighted by molar-refractivity contribution is 5.59. The van der Waals surface area contributed by atoms with Gasteiger partial charge in [-0.3, -0.25) is 10.1 Å². The maximum Gasteiger partial charge on any atom is 0.311 e. The summed E-state index contributed by atoms with van der Waals surface area (Å²) in [5.74, 6) is 0.516. The topological polar surface area (TPSA) is 71.3 Å². The average molecular weight is 278 g/mol. The number of nitro groups is 1. The molecule has 0 aromatic carbocycles. The third-order valence-electron chi connectivity index (χ3n) is 3.93. The van der Waals surface area contributed by atoms with Gasteiger partial charge in [-0.25, -0.2) is 4.98 Å². The molecule has 6 nitrogen and oxygen atoms in total. The molecule has 1 N–H and O–H groups in total. The highest BCUT2D eigenvalue weighted by Crippen LogP contribution is 2.29. The van der Waals surface area contributed by atoms with E-state index in [0.29, 0.717) is 11.9 Å². The van der Waals surface area contributed by atoms with Gasteiger partial charge < -0.3 is 10.2 Å². The molecule has 0 spiro atoms. The summed E-state index contributed by atoms with van der Waals surface area (Å²) in [6.45, 7) is 7.72. The number of hydrogen-bond acceptors (Lipinski definition) is 5. The summed E-state index contributed by atoms with van der Waals surface area (Å²) >= 11 is 0. The van der Waals surface area contributed by atoms with Crippen molar-refractivity contribution in [1.82, 2.24) is 10.3 Å². The van der Waals surface area contributed by atoms with Crippen molar-refractivity contribution in [2.24, 2.45) is 0 Å². The lowest BCUT2D eigenvalue weighted by Gasteiger charge is -2.40. The number of aromatic nitrogens is 1. The molecule has 1 fully saturated rings. The van der Waals surface area contributed by atoms with Gasteiger partial charge in [0.25, 0.3) is 0 Å². The normalized spacial score (nSPS) is 22.9. The van der Waals surface area contributed by atoms with Gasteiger partial charge in [-0.2, -0.15) is 0 Å². The number of nitrogens with zero attached hydrogens (tertiary/aromatic N) is 3. The minimum absolute atomic E-state index is 0.103. The average Bonchev–Trinajstić information content (AvgIpc) is 2.46. The lowest BCUT2D eigenvalue weighted by Crippen LogP contribution is -2.56. The number of rotatable bonds is 4. The first-order chi connectivity index (χ1) is 9.56. The van der Waals surface area contributed by atoms with Gasteiger partial charge in [0.05, 0.1) is 4.92 Å². The van der Waals surface area contributed by atoms with Gasteiger partial charge in [0.1, 0.15) is 0 Å². The number of anilines is 1. The summed E-state index contributed by atoms with van der Waals surface area (Å²) in [4.78, 5) is 17.5. The molecule has 2 heterocycles. The molecule has 0 saturated carbocycles. The molecule has 20 heavy (non-hydrogen) atoms. The van der Waals surface area contributed by atoms with Gasteiger partial charge in [-0.15, -0.1) is 0 Å². The lowest BCUT2D eigenvalue weighted by molar-refractivity contribution is -0.384. The molecule has 6 heteroatoms. The monoisotopic (exact) mass is 278 g/mol. The van der Waals surface area contributed by atoms with Crippen LogP contribution in [0.2, 0.25) is 0 Å². The molecule has 2 atom stereocenters. The third-order valence-corrected chi connectivity index (χ3v) is 3.93. The van der Waals surface area contributed by atoms with Gasteiger partial charge >= 0.3 is 5.69 Å². The van der Waals surface area contributed by atoms with E-state index in [2.05, 4.69) is 29.0 Å². The van der Waals surface area contributed by atoms with Crippen LogP contribution in [-0.2, 0) is 0 Å². The quantitative estimate of drug-likeness (QED) is 0.675. The summed E-state index contributed by atoms with van der Waals surface area (Å²) in [7, 11) is 0. The number of nitrogens with one attached hydrogen (secondary N) is 1. The Hall–Kier alpha value is -1.69. The molecule has 2 rings (SSSR count). The smallest absolute Gasteiger partial charge is 0.311 e. The first kappa shape index (κ1) is 14.7. The molecular weight excluding hydrogens is 256 g/mol. The summed E-state index contributed by atoms with van der Waals surface area (Å²) in [6.07, 6.45) is 1.95. The van der Waals surface area contributed by atoms with Crippen LogP contribution in [0.25, 0.3) is 0 Å². The molecule has 0 aliphatic carbocycles. The van der Waals surface area contributed by atoms with E-state index in [9.17, 15) is 10.1 Å². The van der Waals surface area contributed by atoms with E-state index < -0.39 is 0 Å². The molecule has 1 aliphatic rings. The van der Waals surface area contributed by atoms with E-state index in [1.165, 1.54) is 0 Å². The Labute approximate surface area is 119 Å². The van der Waals surface area contributed by atoms with Gasteiger partial charge in [0.15, 0.2) is 0 Å². The van der Waals surface area contributed by atoms with Crippen LogP contribution < -0.4 is 10.2 Å². The fourth-order valence-corrected chi connectivity index (χ4v) is 2.65. The Morgan fingerprint density at radius 1 is 1.45 bits per heavy atom. The second kappa shape index (κ2) is 6.17. The summed E-state index contributed by atoms with van der Waals surface area (Å²) in [5, 5.41) is 14.7. The molecule has 1 saturated heterocycles. The number of aryl methyl sites for hydroxylation is 1. The Morgan fingerprint density at radius 3 is 2.80 bits per heavy atom. The SMILES string of the molecule is CCC1CN(c2nc(C)ccc2[N+](=O)[O-])C(CC)CN1. The van der Waals surface area contributed by atoms with Crippen LogP contribution in [0.3, 0.4) is 0 Å². The van der Waals surface area contributed by atoms with Crippen molar-refractivity contribution in [1.29, 1.82) is 0 Å². The zero-order chi connectivity index (χ0) is 14.7. The van der Waals surface area contributed by atoms with Crippen molar-refractivity contribution < 1.29 is 4.92 Å². The largest absolute Gasteiger partial charge is 0.345 e. The molecule has 1 aromatic rings. The highest BCUT2D eigenvalue weighted by Gasteiger charge is 2.31. The van der Waals surface area contributed by atoms with Crippen LogP contribution in [0, 0.1) is 17.0 Å². The fraction of sp³-hybridized carbons (Fsp3) is 0.643. The predicted molar refractivity (Wildman–Crippen MR) is 79.1 cm³/mol. The standard InChI is InChI=1S/C14H22N4O2/c1-4-11-9-17(12(5-2)8-15-11)14-13(18(19)20)7-6-10(3)16-14/h6-7,11-12,15H,4-5,8-9H2,1-3H3. The molecule has 2 unspecified atom stereocenters. The van der Waals surface area contributed by atoms with Crippen molar-refractivity contribution in [2.45, 2.75) is 45.7 Å². The zero-order valence-electron chi connectivity index (χ0n) is 12.3. The maximum atomic E-state index is 11.2. The van der Waals surface area contributed by atoms with Crippen LogP contribution >= 0.6 is 0 Å². The molecule has 0 amide bonds. The van der Waals surface area contributed by atoms with Crippen LogP contribution in [0.15, 0.2) is 12.1 Å². The van der Waals surface area contributed by atoms with Crippen molar-refractivity contribution >= 4 is 11.5 Å². The molecule has 0 bridgehead atoms. The van der Waals surface area contributed by atoms with E-state index in [1.807, 2.05) is 6.92 Å². The second-order valence-corrected chi connectivity index (χ2v) is 5.28. The minimum atomic E-state index is -0.336. The minimum Gasteiger partial charge on any atom is -0.345 e. The van der Waals surface area contributed by atoms with Crippen LogP contribution in [0.5, 0.6) is 0 Å². The van der Waals surface area contributed by atoms with Gasteiger partial charge in [-0.1, -0.05) is 13.8 Å². The third kappa shape index (κ3) is 2.90. The predicted octanol–water partition coefficient (Wildman–Crippen LogP) is 2.27. The van der Waals surface area contributed by atoms with Gasteiger partial charge in [-0.05, 0) is 25.8 Å². The first-order valence-electron chi connectivity index (χ1n) is 7.18. The van der Waals surface area contributed by atoms with Crippen molar-refractivity contribution in [3.63, 3.8) is 0 Å². The van der Waals surface area contributed by atoms with E-state index in [-0.39, 0.29) is 16.7 Å². The number of hydrogen-bond donors (Lipinski definition) is 1. The summed E-state index contributed by atoms with van der Waals surface area (Å²) < 4.78 is 0. The molecule has 1 aliphatic heterocycles. The van der Waals surface area contributed by atoms with E-state index >= 15 is 0 Å². The van der Waals surface area contributed by atoms with Gasteiger partial charge in [0, 0.05) is 36.9 Å². The highest BCUT2D eigenvalue weighted by atomic mass is 16.6. The van der Waals surface area contributed by atoms with Crippen molar-refractivity contribution in [3.8, 4) is 0 Å². The second-order valence-electron chi connectivity index (χ2n) is 5.28. The Bertz CT molecular complexity index is 492. The Kier molecular flexibility index (Phi) is 4.54. The Balaban J connectivity index is 2.40. The first-order valence-corrected chi connectivity index (χ1v) is 7.18. The Morgan fingerprint density at radius 2 is 2.20 bits per heavy atom. The zero-order valence-corrected chi connectivity index (χ0v) is 12.3. The van der Waals surface area contributed by atoms with Gasteiger partial charge in [0.2, 0.25) is 5.82 Å². The summed E-state index contributed by atoms with van der Waals surface area (Å²) in [5.41, 5.74) is 0.915. The van der Waals surface area contributed by atoms with Crippen molar-refractivity contribution in [3.05, 3.63) is 27.9 Å². The molecule has 110 valence electrons. The van der Waals surface area contributed by atoms with Crippen molar-refractivity contribution in [2.75, 3.05) is 18.0 Å². The maximum absolute atomic E-state index is 11.2. The van der Waals surface area contributed by atoms with E-state index in [0.717, 1.165) is 31.6 Å². The molecular formula is C14H22N4O2. The number of pyridine rings is 1. The molecule has 0 radical (unpaired) electrons. The molecule has 1 aromatic heterocycles. The van der Waals surface area contributed by atoms with Crippen LogP contribution in [-0.4, -0.2) is 35.1 Å².